The Bertz CT molecular complexity index is 968. The van der Waals surface area contributed by atoms with E-state index in [-0.39, 0.29) is 18.8 Å². The van der Waals surface area contributed by atoms with Crippen LogP contribution in [0.3, 0.4) is 0 Å². The largest absolute Gasteiger partial charge is 0.369 e. The van der Waals surface area contributed by atoms with Gasteiger partial charge < -0.3 is 4.90 Å². The van der Waals surface area contributed by atoms with Crippen LogP contribution in [-0.4, -0.2) is 63.6 Å². The summed E-state index contributed by atoms with van der Waals surface area (Å²) in [4.78, 5) is 1.63. The van der Waals surface area contributed by atoms with Gasteiger partial charge in [0.05, 0.1) is 0 Å². The van der Waals surface area contributed by atoms with Crippen molar-refractivity contribution in [3.8, 4) is 0 Å². The number of benzene rings is 1. The summed E-state index contributed by atoms with van der Waals surface area (Å²) in [6, 6.07) is 5.24. The molecular formula is C17H24F5N3O4S3. The summed E-state index contributed by atoms with van der Waals surface area (Å²) in [5.41, 5.74) is 0.541. The average molecular weight is 526 g/mol. The lowest BCUT2D eigenvalue weighted by Crippen LogP contribution is -2.54. The third-order valence-electron chi connectivity index (χ3n) is 4.72. The summed E-state index contributed by atoms with van der Waals surface area (Å²) in [7, 11) is -11.1. The molecule has 184 valence electrons. The molecule has 1 aliphatic rings. The van der Waals surface area contributed by atoms with Crippen molar-refractivity contribution in [1.82, 2.24) is 8.43 Å². The molecule has 1 N–H and O–H groups in total. The lowest BCUT2D eigenvalue weighted by molar-refractivity contribution is -0.0190. The first-order chi connectivity index (χ1) is 14.7. The van der Waals surface area contributed by atoms with Gasteiger partial charge in [0.25, 0.3) is 20.0 Å². The zero-order chi connectivity index (χ0) is 24.2. The molecule has 1 aliphatic heterocycles. The number of hydrogen-bond donors (Lipinski definition) is 1. The van der Waals surface area contributed by atoms with Crippen LogP contribution < -0.4 is 9.03 Å². The number of hydrogen-bond acceptors (Lipinski definition) is 6. The van der Waals surface area contributed by atoms with Crippen LogP contribution in [0.5, 0.6) is 0 Å². The molecule has 7 nitrogen and oxygen atoms in total. The molecule has 0 amide bonds. The standard InChI is InChI=1S/C17H24F5N3O4S3/c1-2-3-12-30-23-31(26,27)16(19,20)13-17(21,22)32(28,29)25-10-8-24(9-11-25)15-6-4-14(18)5-7-15/h4-7,23H,2-3,8-13H2,1H3. The van der Waals surface area contributed by atoms with E-state index >= 15 is 0 Å². The summed E-state index contributed by atoms with van der Waals surface area (Å²) in [5, 5.41) is -10.0. The summed E-state index contributed by atoms with van der Waals surface area (Å²) >= 11 is 0.420. The molecule has 32 heavy (non-hydrogen) atoms. The molecule has 1 aromatic rings. The van der Waals surface area contributed by atoms with E-state index in [1.807, 2.05) is 0 Å². The first-order valence-corrected chi connectivity index (χ1v) is 13.5. The summed E-state index contributed by atoms with van der Waals surface area (Å²) in [6.07, 6.45) is -1.53. The molecule has 1 saturated heterocycles. The Morgan fingerprint density at radius 3 is 2.06 bits per heavy atom. The Labute approximate surface area is 188 Å². The van der Waals surface area contributed by atoms with E-state index in [4.69, 9.17) is 0 Å². The molecule has 1 heterocycles. The van der Waals surface area contributed by atoms with Crippen LogP contribution >= 0.6 is 11.9 Å². The van der Waals surface area contributed by atoms with Gasteiger partial charge in [-0.3, -0.25) is 0 Å². The van der Waals surface area contributed by atoms with Gasteiger partial charge in [0, 0.05) is 37.6 Å². The molecule has 0 bridgehead atoms. The lowest BCUT2D eigenvalue weighted by atomic mass is 10.2. The maximum atomic E-state index is 14.5. The number of nitrogens with one attached hydrogen (secondary N) is 1. The second-order valence-corrected chi connectivity index (χ2v) is 12.1. The predicted octanol–water partition coefficient (Wildman–Crippen LogP) is 3.22. The number of halogens is 5. The maximum absolute atomic E-state index is 14.5. The molecule has 15 heteroatoms. The first kappa shape index (κ1) is 27.1. The Hall–Kier alpha value is -1.16. The third-order valence-corrected chi connectivity index (χ3v) is 9.44. The zero-order valence-corrected chi connectivity index (χ0v) is 19.6. The molecule has 0 spiro atoms. The molecule has 1 fully saturated rings. The zero-order valence-electron chi connectivity index (χ0n) is 17.1. The minimum Gasteiger partial charge on any atom is -0.369 e. The van der Waals surface area contributed by atoms with Gasteiger partial charge in [-0.2, -0.15) is 26.0 Å². The molecular weight excluding hydrogens is 501 g/mol. The fraction of sp³-hybridized carbons (Fsp3) is 0.647. The number of piperazine rings is 1. The van der Waals surface area contributed by atoms with Crippen LogP contribution in [0.25, 0.3) is 0 Å². The highest BCUT2D eigenvalue weighted by molar-refractivity contribution is 8.09. The molecule has 0 aromatic heterocycles. The molecule has 0 unspecified atom stereocenters. The number of alkyl halides is 4. The van der Waals surface area contributed by atoms with Crippen molar-refractivity contribution < 1.29 is 38.8 Å². The van der Waals surface area contributed by atoms with Gasteiger partial charge in [-0.25, -0.2) is 21.2 Å². The van der Waals surface area contributed by atoms with E-state index in [1.165, 1.54) is 28.4 Å². The van der Waals surface area contributed by atoms with Crippen molar-refractivity contribution >= 4 is 37.7 Å². The second-order valence-electron chi connectivity index (χ2n) is 7.11. The van der Waals surface area contributed by atoms with Crippen LogP contribution in [0.15, 0.2) is 24.3 Å². The van der Waals surface area contributed by atoms with E-state index in [0.717, 1.165) is 0 Å². The SMILES string of the molecule is CCCCSNS(=O)(=O)C(F)(F)CC(F)(F)S(=O)(=O)N1CCN(c2ccc(F)cc2)CC1. The minimum atomic E-state index is -5.56. The number of nitrogens with zero attached hydrogens (tertiary/aromatic N) is 2. The van der Waals surface area contributed by atoms with Crippen LogP contribution in [0.2, 0.25) is 0 Å². The van der Waals surface area contributed by atoms with Gasteiger partial charge >= 0.3 is 10.5 Å². The van der Waals surface area contributed by atoms with Crippen LogP contribution in [0.1, 0.15) is 26.2 Å². The predicted molar refractivity (Wildman–Crippen MR) is 113 cm³/mol. The Kier molecular flexibility index (Phi) is 8.81. The summed E-state index contributed by atoms with van der Waals surface area (Å²) < 4.78 is 120. The van der Waals surface area contributed by atoms with Gasteiger partial charge in [0.15, 0.2) is 0 Å². The number of anilines is 1. The highest BCUT2D eigenvalue weighted by Gasteiger charge is 2.60. The van der Waals surface area contributed by atoms with Crippen molar-refractivity contribution in [3.63, 3.8) is 0 Å². The van der Waals surface area contributed by atoms with Crippen molar-refractivity contribution in [2.24, 2.45) is 0 Å². The highest BCUT2D eigenvalue weighted by Crippen LogP contribution is 2.39. The minimum absolute atomic E-state index is 0.0365. The molecule has 0 atom stereocenters. The molecule has 0 saturated carbocycles. The van der Waals surface area contributed by atoms with Crippen molar-refractivity contribution in [2.75, 3.05) is 36.8 Å². The molecule has 0 aliphatic carbocycles. The Balaban J connectivity index is 2.06. The monoisotopic (exact) mass is 525 g/mol. The number of unbranched alkanes of at least 4 members (excludes halogenated alkanes) is 1. The maximum Gasteiger partial charge on any atom is 0.366 e. The van der Waals surface area contributed by atoms with E-state index < -0.39 is 55.9 Å². The van der Waals surface area contributed by atoms with Crippen molar-refractivity contribution in [3.05, 3.63) is 30.1 Å². The van der Waals surface area contributed by atoms with Crippen LogP contribution in [0.4, 0.5) is 27.6 Å². The van der Waals surface area contributed by atoms with E-state index in [0.29, 0.717) is 34.8 Å². The molecule has 2 rings (SSSR count). The topological polar surface area (TPSA) is 86.8 Å². The van der Waals surface area contributed by atoms with Gasteiger partial charge in [-0.1, -0.05) is 25.3 Å². The van der Waals surface area contributed by atoms with Gasteiger partial charge in [-0.05, 0) is 30.7 Å². The van der Waals surface area contributed by atoms with Gasteiger partial charge in [0.2, 0.25) is 0 Å². The average Bonchev–Trinajstić information content (AvgIpc) is 2.71. The van der Waals surface area contributed by atoms with Crippen molar-refractivity contribution in [2.45, 2.75) is 36.7 Å². The van der Waals surface area contributed by atoms with E-state index in [9.17, 15) is 38.8 Å². The second kappa shape index (κ2) is 10.4. The summed E-state index contributed by atoms with van der Waals surface area (Å²) in [5.74, 6) is -0.331. The number of sulfonamides is 2. The van der Waals surface area contributed by atoms with Crippen LogP contribution in [0, 0.1) is 5.82 Å². The van der Waals surface area contributed by atoms with Crippen molar-refractivity contribution in [1.29, 1.82) is 0 Å². The fourth-order valence-electron chi connectivity index (χ4n) is 2.85. The quantitative estimate of drug-likeness (QED) is 0.271. The Morgan fingerprint density at radius 2 is 1.53 bits per heavy atom. The summed E-state index contributed by atoms with van der Waals surface area (Å²) in [6.45, 7) is 0.850. The lowest BCUT2D eigenvalue weighted by Gasteiger charge is -2.37. The highest BCUT2D eigenvalue weighted by atomic mass is 32.3. The first-order valence-electron chi connectivity index (χ1n) is 9.62. The van der Waals surface area contributed by atoms with Gasteiger partial charge in [-0.15, -0.1) is 0 Å². The number of rotatable bonds is 11. The fourth-order valence-corrected chi connectivity index (χ4v) is 6.57. The van der Waals surface area contributed by atoms with E-state index in [2.05, 4.69) is 0 Å². The van der Waals surface area contributed by atoms with E-state index in [1.54, 1.807) is 11.8 Å². The molecule has 1 aromatic carbocycles. The third kappa shape index (κ3) is 6.24. The normalized spacial score (nSPS) is 17.0. The smallest absolute Gasteiger partial charge is 0.366 e. The van der Waals surface area contributed by atoms with Gasteiger partial charge in [0.1, 0.15) is 12.2 Å². The molecule has 0 radical (unpaired) electrons. The van der Waals surface area contributed by atoms with Crippen LogP contribution in [-0.2, 0) is 20.0 Å². The Morgan fingerprint density at radius 1 is 0.969 bits per heavy atom.